The molecule has 478 valence electrons. The Morgan fingerprint density at radius 2 is 0.644 bits per heavy atom. The smallest absolute Gasteiger partial charge is 0.0804 e. The van der Waals surface area contributed by atoms with E-state index in [0.717, 1.165) is 117 Å². The van der Waals surface area contributed by atoms with Gasteiger partial charge in [0, 0.05) is 128 Å². The van der Waals surface area contributed by atoms with Crippen molar-refractivity contribution in [3.63, 3.8) is 0 Å². The van der Waals surface area contributed by atoms with Crippen LogP contribution in [0.15, 0.2) is 328 Å². The summed E-state index contributed by atoms with van der Waals surface area (Å²) in [6, 6.07) is 110. The first-order chi connectivity index (χ1) is 51.6. The van der Waals surface area contributed by atoms with E-state index in [2.05, 4.69) is 327 Å². The fourth-order valence-corrected chi connectivity index (χ4v) is 18.2. The van der Waals surface area contributed by atoms with Crippen LogP contribution in [-0.2, 0) is 0 Å². The Morgan fingerprint density at radius 3 is 1.30 bits per heavy atom. The lowest BCUT2D eigenvalue weighted by atomic mass is 9.99. The van der Waals surface area contributed by atoms with E-state index in [1.165, 1.54) is 114 Å². The molecule has 0 spiro atoms. The molecule has 0 unspecified atom stereocenters. The second-order valence-corrected chi connectivity index (χ2v) is 28.1. The van der Waals surface area contributed by atoms with Gasteiger partial charge in [-0.15, -0.1) is 0 Å². The van der Waals surface area contributed by atoms with Crippen molar-refractivity contribution in [3.8, 4) is 101 Å². The molecule has 14 aromatic carbocycles. The number of aromatic nitrogens is 8. The number of hydrogen-bond donors (Lipinski definition) is 0. The molecule has 0 bridgehead atoms. The molecule has 0 saturated heterocycles. The van der Waals surface area contributed by atoms with E-state index in [9.17, 15) is 0 Å². The number of rotatable bonds is 7. The highest BCUT2D eigenvalue weighted by Crippen LogP contribution is 2.51. The highest BCUT2D eigenvalue weighted by molar-refractivity contribution is 6.22. The minimum atomic E-state index is 0.944. The van der Waals surface area contributed by atoms with Crippen LogP contribution in [0.5, 0.6) is 0 Å². The van der Waals surface area contributed by atoms with Crippen molar-refractivity contribution in [2.24, 2.45) is 0 Å². The molecule has 8 nitrogen and oxygen atoms in total. The van der Waals surface area contributed by atoms with E-state index in [-0.39, 0.29) is 0 Å². The first kappa shape index (κ1) is 55.8. The molecule has 0 fully saturated rings. The molecule has 2 aliphatic rings. The second kappa shape index (κ2) is 20.8. The van der Waals surface area contributed by atoms with Gasteiger partial charge in [0.15, 0.2) is 0 Å². The first-order valence-corrected chi connectivity index (χ1v) is 35.5. The van der Waals surface area contributed by atoms with E-state index in [1.54, 1.807) is 0 Å². The standard InChI is InChI=1S/C96H54N8/c1-2-18-64(19-3-1)101-84-26-10-8-21-69(84)75-43-60(31-38-86(75)101)62-33-40-88-78(46-62)79-42-57-15-4-5-16-58(57)47-90(79)103(88)67-49-81-72-24-13-25-74-92(72)83(95(81)99-52-67)54-100-93(74)56-28-35-65(36-29-56)104-89-41-34-61(45-77(89)73-37-30-55-14-6-7-20-68(55)96(73)104)59-32-39-87-76(44-59)70-22-9-11-27-85(70)102(87)66-48-80-71-23-12-17-63-50-97-53-82(91(63)71)94(80)98-51-66/h1-54H. The number of benzene rings is 14. The van der Waals surface area contributed by atoms with Crippen molar-refractivity contribution < 1.29 is 0 Å². The molecule has 104 heavy (non-hydrogen) atoms. The van der Waals surface area contributed by atoms with Crippen molar-refractivity contribution in [2.75, 3.05) is 0 Å². The van der Waals surface area contributed by atoms with Crippen molar-refractivity contribution in [1.82, 2.24) is 38.2 Å². The van der Waals surface area contributed by atoms with E-state index >= 15 is 0 Å². The summed E-state index contributed by atoms with van der Waals surface area (Å²) < 4.78 is 9.64. The summed E-state index contributed by atoms with van der Waals surface area (Å²) >= 11 is 0. The van der Waals surface area contributed by atoms with Crippen molar-refractivity contribution in [1.29, 1.82) is 0 Å². The molecule has 0 N–H and O–H groups in total. The van der Waals surface area contributed by atoms with E-state index in [1.807, 2.05) is 24.8 Å². The first-order valence-electron chi connectivity index (χ1n) is 35.5. The van der Waals surface area contributed by atoms with E-state index in [4.69, 9.17) is 15.0 Å². The Bertz CT molecular complexity index is 7590. The minimum Gasteiger partial charge on any atom is -0.309 e. The number of pyridine rings is 4. The van der Waals surface area contributed by atoms with Crippen molar-refractivity contribution in [2.45, 2.75) is 0 Å². The quantitative estimate of drug-likeness (QED) is 0.159. The maximum Gasteiger partial charge on any atom is 0.0804 e. The monoisotopic (exact) mass is 1320 g/mol. The largest absolute Gasteiger partial charge is 0.309 e. The van der Waals surface area contributed by atoms with Crippen LogP contribution in [-0.4, -0.2) is 38.2 Å². The fourth-order valence-electron chi connectivity index (χ4n) is 18.2. The topological polar surface area (TPSA) is 71.3 Å². The SMILES string of the molecule is c1ccc(-n2c3ccccc3c3cc(-c4ccc5c(c4)c4cc6ccccc6cc4n5-c4cnc5c(c4)-c4cccc6c(-c7ccc(-n8c9ccc(-c%10ccc%11c(c%10)c%10ccccc%10n%11-c%10cnc%11c(c%10)-c%10cccc%12cncc-%11c%10%12)cc9c9ccc%10ccccc%10c98)cc7)ncc-5c46)ccc32)cc1. The molecule has 2 aliphatic carbocycles. The van der Waals surface area contributed by atoms with Crippen molar-refractivity contribution in [3.05, 3.63) is 328 Å². The summed E-state index contributed by atoms with van der Waals surface area (Å²) in [7, 11) is 0. The van der Waals surface area contributed by atoms with Crippen LogP contribution >= 0.6 is 0 Å². The Balaban J connectivity index is 0.590. The summed E-state index contributed by atoms with van der Waals surface area (Å²) in [4.78, 5) is 20.5. The third-order valence-corrected chi connectivity index (χ3v) is 22.8. The molecule has 0 atom stereocenters. The van der Waals surface area contributed by atoms with Crippen LogP contribution < -0.4 is 0 Å². The zero-order chi connectivity index (χ0) is 67.6. The van der Waals surface area contributed by atoms with Crippen LogP contribution in [0.1, 0.15) is 0 Å². The van der Waals surface area contributed by atoms with Crippen molar-refractivity contribution >= 4 is 130 Å². The third kappa shape index (κ3) is 7.69. The molecule has 0 saturated carbocycles. The maximum absolute atomic E-state index is 5.39. The lowest BCUT2D eigenvalue weighted by Crippen LogP contribution is -1.96. The lowest BCUT2D eigenvalue weighted by Gasteiger charge is -2.12. The zero-order valence-corrected chi connectivity index (χ0v) is 55.8. The van der Waals surface area contributed by atoms with Crippen LogP contribution in [0, 0.1) is 0 Å². The molecule has 0 aliphatic heterocycles. The Labute approximate surface area is 594 Å². The number of hydrogen-bond acceptors (Lipinski definition) is 4. The zero-order valence-electron chi connectivity index (χ0n) is 55.8. The molecule has 0 radical (unpaired) electrons. The Hall–Kier alpha value is -14.1. The van der Waals surface area contributed by atoms with E-state index < -0.39 is 0 Å². The predicted octanol–water partition coefficient (Wildman–Crippen LogP) is 24.6. The normalized spacial score (nSPS) is 12.4. The molecule has 8 heteroatoms. The van der Waals surface area contributed by atoms with Gasteiger partial charge in [0.25, 0.3) is 0 Å². The van der Waals surface area contributed by atoms with Gasteiger partial charge in [0.1, 0.15) is 0 Å². The Morgan fingerprint density at radius 1 is 0.192 bits per heavy atom. The Kier molecular flexibility index (Phi) is 11.1. The van der Waals surface area contributed by atoms with Gasteiger partial charge in [-0.05, 0) is 159 Å². The molecular weight excluding hydrogens is 1270 g/mol. The maximum atomic E-state index is 5.39. The van der Waals surface area contributed by atoms with Crippen LogP contribution in [0.25, 0.3) is 231 Å². The summed E-state index contributed by atoms with van der Waals surface area (Å²) in [5.41, 5.74) is 28.9. The fraction of sp³-hybridized carbons (Fsp3) is 0. The summed E-state index contributed by atoms with van der Waals surface area (Å²) in [5, 5.41) is 19.1. The number of nitrogens with zero attached hydrogens (tertiary/aromatic N) is 8. The minimum absolute atomic E-state index is 0.944. The molecule has 8 heterocycles. The lowest BCUT2D eigenvalue weighted by molar-refractivity contribution is 1.15. The highest BCUT2D eigenvalue weighted by atomic mass is 15.0. The summed E-state index contributed by atoms with van der Waals surface area (Å²) in [6.07, 6.45) is 10.0. The molecular formula is C96H54N8. The van der Waals surface area contributed by atoms with Crippen LogP contribution in [0.3, 0.4) is 0 Å². The number of fused-ring (bicyclic) bond motifs is 21. The molecule has 8 aromatic heterocycles. The van der Waals surface area contributed by atoms with Crippen LogP contribution in [0.4, 0.5) is 0 Å². The van der Waals surface area contributed by atoms with Gasteiger partial charge >= 0.3 is 0 Å². The van der Waals surface area contributed by atoms with Gasteiger partial charge in [-0.1, -0.05) is 188 Å². The highest BCUT2D eigenvalue weighted by Gasteiger charge is 2.29. The molecule has 24 rings (SSSR count). The van der Waals surface area contributed by atoms with Gasteiger partial charge in [-0.25, -0.2) is 0 Å². The average Bonchev–Trinajstić information content (AvgIpc) is 1.54. The van der Waals surface area contributed by atoms with Crippen LogP contribution in [0.2, 0.25) is 0 Å². The third-order valence-electron chi connectivity index (χ3n) is 22.8. The summed E-state index contributed by atoms with van der Waals surface area (Å²) in [5.74, 6) is 0. The molecule has 22 aromatic rings. The second-order valence-electron chi connectivity index (χ2n) is 28.1. The van der Waals surface area contributed by atoms with Gasteiger partial charge in [-0.2, -0.15) is 0 Å². The number of para-hydroxylation sites is 3. The van der Waals surface area contributed by atoms with Gasteiger partial charge in [0.2, 0.25) is 0 Å². The summed E-state index contributed by atoms with van der Waals surface area (Å²) in [6.45, 7) is 0. The van der Waals surface area contributed by atoms with Gasteiger partial charge < -0.3 is 18.3 Å². The predicted molar refractivity (Wildman–Crippen MR) is 430 cm³/mol. The molecule has 0 amide bonds. The van der Waals surface area contributed by atoms with Gasteiger partial charge in [0.05, 0.1) is 85.0 Å². The average molecular weight is 1320 g/mol. The van der Waals surface area contributed by atoms with Gasteiger partial charge in [-0.3, -0.25) is 19.9 Å². The van der Waals surface area contributed by atoms with E-state index in [0.29, 0.717) is 0 Å².